The van der Waals surface area contributed by atoms with Gasteiger partial charge in [0.15, 0.2) is 0 Å². The molecular formula is C29H38N6O6. The third-order valence-electron chi connectivity index (χ3n) is 6.72. The summed E-state index contributed by atoms with van der Waals surface area (Å²) in [6, 6.07) is 9.07. The second-order valence-electron chi connectivity index (χ2n) is 12.3. The molecule has 1 fully saturated rings. The lowest BCUT2D eigenvalue weighted by Gasteiger charge is -2.36. The van der Waals surface area contributed by atoms with E-state index in [9.17, 15) is 24.3 Å². The Hall–Kier alpha value is -4.31. The second-order valence-corrected chi connectivity index (χ2v) is 12.3. The second kappa shape index (κ2) is 12.5. The number of hydrogen-bond acceptors (Lipinski definition) is 6. The van der Waals surface area contributed by atoms with E-state index in [1.54, 1.807) is 41.5 Å². The molecule has 0 aromatic heterocycles. The number of carboxylic acid groups (broad SMARTS) is 1. The van der Waals surface area contributed by atoms with Gasteiger partial charge in [-0.15, -0.1) is 0 Å². The van der Waals surface area contributed by atoms with Crippen LogP contribution < -0.4 is 10.6 Å². The molecule has 0 saturated carbocycles. The number of nitrogens with zero attached hydrogens (tertiary/aromatic N) is 4. The highest BCUT2D eigenvalue weighted by molar-refractivity contribution is 5.94. The van der Waals surface area contributed by atoms with Crippen LogP contribution in [0, 0.1) is 5.41 Å². The minimum Gasteiger partial charge on any atom is -0.480 e. The fourth-order valence-corrected chi connectivity index (χ4v) is 4.77. The molecule has 1 heterocycles. The Balaban J connectivity index is 1.84. The van der Waals surface area contributed by atoms with E-state index in [1.807, 2.05) is 42.5 Å². The molecule has 1 aliphatic rings. The maximum atomic E-state index is 13.8. The van der Waals surface area contributed by atoms with E-state index in [-0.39, 0.29) is 19.4 Å². The third-order valence-corrected chi connectivity index (χ3v) is 6.72. The quantitative estimate of drug-likeness (QED) is 0.246. The summed E-state index contributed by atoms with van der Waals surface area (Å²) in [6.07, 6.45) is -0.761. The zero-order valence-electron chi connectivity index (χ0n) is 24.2. The van der Waals surface area contributed by atoms with Gasteiger partial charge in [-0.3, -0.25) is 9.59 Å². The number of fused-ring (bicyclic) bond motifs is 1. The topological polar surface area (TPSA) is 174 Å². The highest BCUT2D eigenvalue weighted by atomic mass is 16.6. The Morgan fingerprint density at radius 3 is 2.32 bits per heavy atom. The lowest BCUT2D eigenvalue weighted by atomic mass is 9.85. The zero-order chi connectivity index (χ0) is 30.5. The number of amides is 3. The van der Waals surface area contributed by atoms with Gasteiger partial charge in [-0.2, -0.15) is 0 Å². The average molecular weight is 567 g/mol. The lowest BCUT2D eigenvalue weighted by Crippen LogP contribution is -2.59. The number of alkyl carbamates (subject to hydrolysis) is 1. The summed E-state index contributed by atoms with van der Waals surface area (Å²) in [5.41, 5.74) is 8.15. The fourth-order valence-electron chi connectivity index (χ4n) is 4.77. The van der Waals surface area contributed by atoms with Gasteiger partial charge in [0.05, 0.1) is 6.04 Å². The van der Waals surface area contributed by atoms with Gasteiger partial charge in [0.2, 0.25) is 11.8 Å². The van der Waals surface area contributed by atoms with Crippen LogP contribution in [0.4, 0.5) is 4.79 Å². The van der Waals surface area contributed by atoms with E-state index in [1.165, 1.54) is 4.90 Å². The molecule has 0 bridgehead atoms. The van der Waals surface area contributed by atoms with Gasteiger partial charge >= 0.3 is 12.1 Å². The van der Waals surface area contributed by atoms with Gasteiger partial charge in [-0.25, -0.2) is 9.59 Å². The minimum absolute atomic E-state index is 0.00719. The van der Waals surface area contributed by atoms with Crippen molar-refractivity contribution in [3.63, 3.8) is 0 Å². The van der Waals surface area contributed by atoms with Crippen molar-refractivity contribution >= 4 is 34.6 Å². The summed E-state index contributed by atoms with van der Waals surface area (Å²) < 4.78 is 5.34. The highest BCUT2D eigenvalue weighted by Crippen LogP contribution is 2.28. The van der Waals surface area contributed by atoms with Crippen molar-refractivity contribution in [2.45, 2.75) is 84.2 Å². The predicted molar refractivity (Wildman–Crippen MR) is 153 cm³/mol. The average Bonchev–Trinajstić information content (AvgIpc) is 3.29. The van der Waals surface area contributed by atoms with Crippen molar-refractivity contribution in [1.82, 2.24) is 15.5 Å². The van der Waals surface area contributed by atoms with Crippen LogP contribution in [0.3, 0.4) is 0 Å². The first-order valence-corrected chi connectivity index (χ1v) is 13.4. The van der Waals surface area contributed by atoms with Gasteiger partial charge in [0.25, 0.3) is 0 Å². The molecule has 2 aromatic rings. The number of carbonyl (C=O) groups excluding carboxylic acids is 3. The highest BCUT2D eigenvalue weighted by Gasteiger charge is 2.45. The molecule has 220 valence electrons. The Kier molecular flexibility index (Phi) is 9.49. The molecule has 41 heavy (non-hydrogen) atoms. The first-order chi connectivity index (χ1) is 19.1. The van der Waals surface area contributed by atoms with Crippen LogP contribution in [0.5, 0.6) is 0 Å². The Morgan fingerprint density at radius 1 is 1.07 bits per heavy atom. The Bertz CT molecular complexity index is 1360. The first-order valence-electron chi connectivity index (χ1n) is 13.4. The van der Waals surface area contributed by atoms with Crippen LogP contribution in [-0.2, 0) is 25.5 Å². The molecule has 1 unspecified atom stereocenters. The van der Waals surface area contributed by atoms with E-state index < -0.39 is 59.1 Å². The van der Waals surface area contributed by atoms with E-state index in [0.29, 0.717) is 0 Å². The Morgan fingerprint density at radius 2 is 1.73 bits per heavy atom. The van der Waals surface area contributed by atoms with Gasteiger partial charge in [-0.1, -0.05) is 68.4 Å². The molecule has 3 N–H and O–H groups in total. The number of azide groups is 1. The largest absolute Gasteiger partial charge is 0.480 e. The Labute approximate surface area is 239 Å². The summed E-state index contributed by atoms with van der Waals surface area (Å²) in [6.45, 7) is 10.3. The molecule has 2 aromatic carbocycles. The van der Waals surface area contributed by atoms with E-state index in [2.05, 4.69) is 20.7 Å². The van der Waals surface area contributed by atoms with Gasteiger partial charge < -0.3 is 25.4 Å². The van der Waals surface area contributed by atoms with Crippen molar-refractivity contribution < 1.29 is 29.0 Å². The number of carbonyl (C=O) groups is 4. The molecule has 4 atom stereocenters. The zero-order valence-corrected chi connectivity index (χ0v) is 24.2. The van der Waals surface area contributed by atoms with Gasteiger partial charge in [-0.05, 0) is 54.5 Å². The third kappa shape index (κ3) is 8.34. The molecular weight excluding hydrogens is 528 g/mol. The van der Waals surface area contributed by atoms with Crippen molar-refractivity contribution in [3.8, 4) is 0 Å². The van der Waals surface area contributed by atoms with Crippen LogP contribution in [-0.4, -0.2) is 70.2 Å². The van der Waals surface area contributed by atoms with Crippen LogP contribution >= 0.6 is 0 Å². The first kappa shape index (κ1) is 31.2. The maximum Gasteiger partial charge on any atom is 0.408 e. The van der Waals surface area contributed by atoms with E-state index in [0.717, 1.165) is 16.3 Å². The monoisotopic (exact) mass is 566 g/mol. The van der Waals surface area contributed by atoms with E-state index in [4.69, 9.17) is 10.3 Å². The number of hydrogen-bond donors (Lipinski definition) is 3. The number of likely N-dealkylation sites (tertiary alicyclic amines) is 1. The van der Waals surface area contributed by atoms with E-state index >= 15 is 0 Å². The molecule has 0 spiro atoms. The number of carboxylic acids is 1. The molecule has 1 aliphatic heterocycles. The van der Waals surface area contributed by atoms with Crippen LogP contribution in [0.25, 0.3) is 21.2 Å². The molecule has 3 amide bonds. The SMILES string of the molecule is CC(C)(C)OC(=O)N[C@H](C(=O)N1C[C@@H](N=[N+]=[N-])C[C@H]1C(=O)NC(Cc1ccc2ccccc2c1)C(=O)O)C(C)(C)C. The smallest absolute Gasteiger partial charge is 0.408 e. The summed E-state index contributed by atoms with van der Waals surface area (Å²) in [5.74, 6) is -2.49. The molecule has 1 saturated heterocycles. The van der Waals surface area contributed by atoms with Crippen molar-refractivity contribution in [2.24, 2.45) is 10.5 Å². The normalized spacial score (nSPS) is 18.6. The maximum absolute atomic E-state index is 13.8. The molecule has 3 rings (SSSR count). The van der Waals surface area contributed by atoms with Crippen LogP contribution in [0.1, 0.15) is 53.5 Å². The standard InChI is InChI=1S/C29H38N6O6/c1-28(2,3)23(32-27(40)41-29(4,5)6)25(37)35-16-20(33-34-30)15-22(35)24(36)31-21(26(38)39)14-17-11-12-18-9-7-8-10-19(18)13-17/h7-13,20-23H,14-16H2,1-6H3,(H,31,36)(H,32,40)(H,38,39)/t20-,21?,22-,23+/m0/s1. The number of rotatable bonds is 8. The number of ether oxygens (including phenoxy) is 1. The number of nitrogens with one attached hydrogen (secondary N) is 2. The summed E-state index contributed by atoms with van der Waals surface area (Å²) in [7, 11) is 0. The van der Waals surface area contributed by atoms with Crippen molar-refractivity contribution in [2.75, 3.05) is 6.54 Å². The molecule has 0 radical (unpaired) electrons. The number of benzene rings is 2. The number of aliphatic carboxylic acids is 1. The molecule has 12 nitrogen and oxygen atoms in total. The van der Waals surface area contributed by atoms with Crippen LogP contribution in [0.15, 0.2) is 47.6 Å². The van der Waals surface area contributed by atoms with Crippen molar-refractivity contribution in [3.05, 3.63) is 58.5 Å². The van der Waals surface area contributed by atoms with Crippen LogP contribution in [0.2, 0.25) is 0 Å². The molecule has 0 aliphatic carbocycles. The summed E-state index contributed by atoms with van der Waals surface area (Å²) >= 11 is 0. The van der Waals surface area contributed by atoms with Gasteiger partial charge in [0.1, 0.15) is 23.7 Å². The molecule has 12 heteroatoms. The van der Waals surface area contributed by atoms with Gasteiger partial charge in [0, 0.05) is 17.9 Å². The van der Waals surface area contributed by atoms with Crippen molar-refractivity contribution in [1.29, 1.82) is 0 Å². The predicted octanol–water partition coefficient (Wildman–Crippen LogP) is 4.17. The summed E-state index contributed by atoms with van der Waals surface area (Å²) in [4.78, 5) is 56.1. The fraction of sp³-hybridized carbons (Fsp3) is 0.517. The lowest BCUT2D eigenvalue weighted by molar-refractivity contribution is -0.145. The minimum atomic E-state index is -1.27. The summed E-state index contributed by atoms with van der Waals surface area (Å²) in [5, 5.41) is 20.8.